The Hall–Kier alpha value is -2.03. The summed E-state index contributed by atoms with van der Waals surface area (Å²) in [6.07, 6.45) is 0.599. The van der Waals surface area contributed by atoms with Crippen molar-refractivity contribution in [3.05, 3.63) is 11.1 Å². The Balaban J connectivity index is 2.68. The SMILES string of the molecule is COC(=O)C(C#N)=C1CCN(C(=O)OC(C)(C)C)CC1. The zero-order valence-electron chi connectivity index (χ0n) is 12.4. The van der Waals surface area contributed by atoms with E-state index in [0.717, 1.165) is 5.57 Å². The first-order valence-electron chi connectivity index (χ1n) is 6.47. The van der Waals surface area contributed by atoms with Crippen molar-refractivity contribution in [1.29, 1.82) is 5.26 Å². The fourth-order valence-corrected chi connectivity index (χ4v) is 1.91. The van der Waals surface area contributed by atoms with Gasteiger partial charge in [-0.3, -0.25) is 0 Å². The van der Waals surface area contributed by atoms with Gasteiger partial charge in [0.15, 0.2) is 0 Å². The lowest BCUT2D eigenvalue weighted by atomic mass is 9.99. The molecule has 6 nitrogen and oxygen atoms in total. The Kier molecular flexibility index (Phi) is 5.14. The van der Waals surface area contributed by atoms with Gasteiger partial charge >= 0.3 is 12.1 Å². The number of likely N-dealkylation sites (tertiary alicyclic amines) is 1. The van der Waals surface area contributed by atoms with E-state index in [1.54, 1.807) is 4.90 Å². The molecule has 0 atom stereocenters. The summed E-state index contributed by atoms with van der Waals surface area (Å²) in [7, 11) is 1.25. The third-order valence-corrected chi connectivity index (χ3v) is 2.87. The van der Waals surface area contributed by atoms with Crippen LogP contribution in [0, 0.1) is 11.3 Å². The zero-order valence-corrected chi connectivity index (χ0v) is 12.4. The van der Waals surface area contributed by atoms with Gasteiger partial charge in [0.25, 0.3) is 0 Å². The van der Waals surface area contributed by atoms with Gasteiger partial charge in [-0.1, -0.05) is 0 Å². The fraction of sp³-hybridized carbons (Fsp3) is 0.643. The molecule has 0 saturated carbocycles. The molecule has 1 fully saturated rings. The van der Waals surface area contributed by atoms with Gasteiger partial charge in [-0.05, 0) is 39.2 Å². The van der Waals surface area contributed by atoms with E-state index < -0.39 is 11.6 Å². The van der Waals surface area contributed by atoms with Crippen LogP contribution in [-0.2, 0) is 14.3 Å². The fourth-order valence-electron chi connectivity index (χ4n) is 1.91. The lowest BCUT2D eigenvalue weighted by Gasteiger charge is -2.31. The second-order valence-electron chi connectivity index (χ2n) is 5.55. The molecule has 0 aliphatic carbocycles. The Morgan fingerprint density at radius 2 is 1.80 bits per heavy atom. The summed E-state index contributed by atoms with van der Waals surface area (Å²) in [6, 6.07) is 1.88. The number of piperidine rings is 1. The Morgan fingerprint density at radius 3 is 2.20 bits per heavy atom. The van der Waals surface area contributed by atoms with E-state index in [-0.39, 0.29) is 11.7 Å². The smallest absolute Gasteiger partial charge is 0.410 e. The number of carbonyl (C=O) groups is 2. The number of hydrogen-bond acceptors (Lipinski definition) is 5. The predicted octanol–water partition coefficient (Wildman–Crippen LogP) is 2.01. The van der Waals surface area contributed by atoms with Crippen LogP contribution < -0.4 is 0 Å². The average molecular weight is 280 g/mol. The highest BCUT2D eigenvalue weighted by atomic mass is 16.6. The van der Waals surface area contributed by atoms with E-state index in [9.17, 15) is 9.59 Å². The molecule has 0 aromatic carbocycles. The van der Waals surface area contributed by atoms with Crippen LogP contribution in [0.25, 0.3) is 0 Å². The minimum atomic E-state index is -0.617. The maximum atomic E-state index is 11.9. The second kappa shape index (κ2) is 6.42. The first-order chi connectivity index (χ1) is 9.28. The maximum Gasteiger partial charge on any atom is 0.410 e. The number of hydrogen-bond donors (Lipinski definition) is 0. The number of carbonyl (C=O) groups excluding carboxylic acids is 2. The normalized spacial score (nSPS) is 15.3. The number of amides is 1. The highest BCUT2D eigenvalue weighted by Crippen LogP contribution is 2.22. The molecular formula is C14H20N2O4. The van der Waals surface area contributed by atoms with E-state index >= 15 is 0 Å². The standard InChI is InChI=1S/C14H20N2O4/c1-14(2,3)20-13(18)16-7-5-10(6-8-16)11(9-15)12(17)19-4/h5-8H2,1-4H3. The van der Waals surface area contributed by atoms with Gasteiger partial charge in [0.05, 0.1) is 7.11 Å². The van der Waals surface area contributed by atoms with Crippen molar-refractivity contribution in [3.8, 4) is 6.07 Å². The number of esters is 1. The molecule has 6 heteroatoms. The molecule has 1 heterocycles. The molecule has 1 rings (SSSR count). The number of nitrogens with zero attached hydrogens (tertiary/aromatic N) is 2. The predicted molar refractivity (Wildman–Crippen MR) is 71.7 cm³/mol. The van der Waals surface area contributed by atoms with E-state index in [0.29, 0.717) is 25.9 Å². The molecule has 0 N–H and O–H groups in total. The van der Waals surface area contributed by atoms with Gasteiger partial charge in [-0.25, -0.2) is 9.59 Å². The largest absolute Gasteiger partial charge is 0.465 e. The molecule has 0 aromatic rings. The van der Waals surface area contributed by atoms with E-state index in [4.69, 9.17) is 10.00 Å². The second-order valence-corrected chi connectivity index (χ2v) is 5.55. The number of nitriles is 1. The molecule has 20 heavy (non-hydrogen) atoms. The van der Waals surface area contributed by atoms with Gasteiger partial charge in [0, 0.05) is 13.1 Å². The quantitative estimate of drug-likeness (QED) is 0.417. The van der Waals surface area contributed by atoms with Crippen LogP contribution in [0.4, 0.5) is 4.79 Å². The van der Waals surface area contributed by atoms with Crippen molar-refractivity contribution in [2.45, 2.75) is 39.2 Å². The highest BCUT2D eigenvalue weighted by Gasteiger charge is 2.27. The summed E-state index contributed by atoms with van der Waals surface area (Å²) >= 11 is 0. The van der Waals surface area contributed by atoms with Crippen LogP contribution >= 0.6 is 0 Å². The van der Waals surface area contributed by atoms with Gasteiger partial charge in [0.1, 0.15) is 17.2 Å². The number of rotatable bonds is 1. The third kappa shape index (κ3) is 4.26. The van der Waals surface area contributed by atoms with Gasteiger partial charge in [-0.2, -0.15) is 5.26 Å². The van der Waals surface area contributed by atoms with E-state index in [1.165, 1.54) is 7.11 Å². The molecule has 1 saturated heterocycles. The molecule has 1 aliphatic heterocycles. The molecule has 110 valence electrons. The lowest BCUT2D eigenvalue weighted by Crippen LogP contribution is -2.40. The minimum Gasteiger partial charge on any atom is -0.465 e. The van der Waals surface area contributed by atoms with Gasteiger partial charge in [-0.15, -0.1) is 0 Å². The molecule has 1 aliphatic rings. The third-order valence-electron chi connectivity index (χ3n) is 2.87. The average Bonchev–Trinajstić information content (AvgIpc) is 2.38. The minimum absolute atomic E-state index is 0.0522. The lowest BCUT2D eigenvalue weighted by molar-refractivity contribution is -0.135. The van der Waals surface area contributed by atoms with E-state index in [1.807, 2.05) is 26.8 Å². The number of methoxy groups -OCH3 is 1. The van der Waals surface area contributed by atoms with Crippen molar-refractivity contribution in [1.82, 2.24) is 4.90 Å². The topological polar surface area (TPSA) is 79.6 Å². The summed E-state index contributed by atoms with van der Waals surface area (Å²) in [5.74, 6) is -0.617. The van der Waals surface area contributed by atoms with Crippen LogP contribution in [-0.4, -0.2) is 42.8 Å². The summed E-state index contributed by atoms with van der Waals surface area (Å²) in [6.45, 7) is 6.31. The summed E-state index contributed by atoms with van der Waals surface area (Å²) in [5, 5.41) is 8.99. The maximum absolute atomic E-state index is 11.9. The highest BCUT2D eigenvalue weighted by molar-refractivity contribution is 5.93. The van der Waals surface area contributed by atoms with Crippen LogP contribution in [0.1, 0.15) is 33.6 Å². The summed E-state index contributed by atoms with van der Waals surface area (Å²) < 4.78 is 9.85. The van der Waals surface area contributed by atoms with Crippen LogP contribution in [0.2, 0.25) is 0 Å². The first kappa shape index (κ1) is 16.0. The number of ether oxygens (including phenoxy) is 2. The Labute approximate surface area is 118 Å². The van der Waals surface area contributed by atoms with E-state index in [2.05, 4.69) is 4.74 Å². The van der Waals surface area contributed by atoms with Crippen molar-refractivity contribution < 1.29 is 19.1 Å². The monoisotopic (exact) mass is 280 g/mol. The van der Waals surface area contributed by atoms with Gasteiger partial charge in [0.2, 0.25) is 0 Å². The molecule has 0 bridgehead atoms. The molecule has 1 amide bonds. The molecule has 0 aromatic heterocycles. The molecular weight excluding hydrogens is 260 g/mol. The molecule has 0 radical (unpaired) electrons. The van der Waals surface area contributed by atoms with Crippen molar-refractivity contribution >= 4 is 12.1 Å². The molecule has 0 spiro atoms. The Morgan fingerprint density at radius 1 is 1.25 bits per heavy atom. The van der Waals surface area contributed by atoms with Crippen molar-refractivity contribution in [2.75, 3.05) is 20.2 Å². The summed E-state index contributed by atoms with van der Waals surface area (Å²) in [4.78, 5) is 24.9. The van der Waals surface area contributed by atoms with Crippen LogP contribution in [0.5, 0.6) is 0 Å². The van der Waals surface area contributed by atoms with Crippen LogP contribution in [0.15, 0.2) is 11.1 Å². The first-order valence-corrected chi connectivity index (χ1v) is 6.47. The summed E-state index contributed by atoms with van der Waals surface area (Å²) in [5.41, 5.74) is 0.257. The molecule has 0 unspecified atom stereocenters. The Bertz CT molecular complexity index is 459. The van der Waals surface area contributed by atoms with Gasteiger partial charge < -0.3 is 14.4 Å². The van der Waals surface area contributed by atoms with Crippen LogP contribution in [0.3, 0.4) is 0 Å². The van der Waals surface area contributed by atoms with Crippen molar-refractivity contribution in [3.63, 3.8) is 0 Å². The van der Waals surface area contributed by atoms with Crippen molar-refractivity contribution in [2.24, 2.45) is 0 Å². The zero-order chi connectivity index (χ0) is 15.3.